The highest BCUT2D eigenvalue weighted by Gasteiger charge is 2.38. The molecular weight excluding hydrogens is 488 g/mol. The van der Waals surface area contributed by atoms with E-state index in [4.69, 9.17) is 9.47 Å². The molecule has 39 heavy (non-hydrogen) atoms. The van der Waals surface area contributed by atoms with Crippen molar-refractivity contribution in [1.29, 1.82) is 0 Å². The van der Waals surface area contributed by atoms with Gasteiger partial charge in [-0.2, -0.15) is 0 Å². The van der Waals surface area contributed by atoms with E-state index in [0.717, 1.165) is 40.9 Å². The van der Waals surface area contributed by atoms with E-state index in [1.54, 1.807) is 4.90 Å². The highest BCUT2D eigenvalue weighted by molar-refractivity contribution is 5.95. The Morgan fingerprint density at radius 1 is 0.897 bits per heavy atom. The molecule has 3 aromatic rings. The maximum absolute atomic E-state index is 12.9. The summed E-state index contributed by atoms with van der Waals surface area (Å²) in [5.41, 5.74) is 4.32. The van der Waals surface area contributed by atoms with Crippen LogP contribution in [-0.2, 0) is 11.3 Å². The lowest BCUT2D eigenvalue weighted by atomic mass is 9.84. The second kappa shape index (κ2) is 11.8. The van der Waals surface area contributed by atoms with E-state index >= 15 is 0 Å². The summed E-state index contributed by atoms with van der Waals surface area (Å²) in [7, 11) is 0. The van der Waals surface area contributed by atoms with Crippen molar-refractivity contribution in [1.82, 2.24) is 9.80 Å². The number of para-hydroxylation sites is 1. The van der Waals surface area contributed by atoms with Crippen LogP contribution in [0.1, 0.15) is 60.2 Å². The Kier molecular flexibility index (Phi) is 8.01. The van der Waals surface area contributed by atoms with Gasteiger partial charge < -0.3 is 19.3 Å². The van der Waals surface area contributed by atoms with Gasteiger partial charge in [-0.3, -0.25) is 4.79 Å². The molecule has 1 fully saturated rings. The number of rotatable bonds is 6. The Balaban J connectivity index is 1.36. The molecule has 0 bridgehead atoms. The molecule has 6 heteroatoms. The highest BCUT2D eigenvalue weighted by atomic mass is 16.6. The van der Waals surface area contributed by atoms with Crippen LogP contribution in [0.3, 0.4) is 0 Å². The zero-order chi connectivity index (χ0) is 27.2. The predicted molar refractivity (Wildman–Crippen MR) is 153 cm³/mol. The van der Waals surface area contributed by atoms with Gasteiger partial charge in [0.25, 0.3) is 5.91 Å². The third-order valence-corrected chi connectivity index (χ3v) is 7.69. The zero-order valence-electron chi connectivity index (χ0n) is 22.8. The summed E-state index contributed by atoms with van der Waals surface area (Å²) < 4.78 is 12.3. The van der Waals surface area contributed by atoms with Gasteiger partial charge in [-0.15, -0.1) is 0 Å². The van der Waals surface area contributed by atoms with E-state index < -0.39 is 5.60 Å². The Morgan fingerprint density at radius 2 is 1.62 bits per heavy atom. The summed E-state index contributed by atoms with van der Waals surface area (Å²) in [4.78, 5) is 29.3. The Hall–Kier alpha value is -4.06. The van der Waals surface area contributed by atoms with Crippen molar-refractivity contribution in [3.63, 3.8) is 0 Å². The van der Waals surface area contributed by atoms with Crippen molar-refractivity contribution >= 4 is 17.6 Å². The first-order valence-electron chi connectivity index (χ1n) is 13.9. The van der Waals surface area contributed by atoms with E-state index in [1.807, 2.05) is 91.5 Å². The van der Waals surface area contributed by atoms with Crippen molar-refractivity contribution in [3.05, 3.63) is 107 Å². The van der Waals surface area contributed by atoms with Crippen molar-refractivity contribution in [2.75, 3.05) is 26.2 Å². The number of hydrogen-bond acceptors (Lipinski definition) is 4. The summed E-state index contributed by atoms with van der Waals surface area (Å²) >= 11 is 0. The maximum Gasteiger partial charge on any atom is 0.410 e. The van der Waals surface area contributed by atoms with Gasteiger partial charge in [0.05, 0.1) is 0 Å². The van der Waals surface area contributed by atoms with Gasteiger partial charge >= 0.3 is 6.09 Å². The third kappa shape index (κ3) is 5.85. The van der Waals surface area contributed by atoms with Gasteiger partial charge in [0.1, 0.15) is 18.0 Å². The second-order valence-corrected chi connectivity index (χ2v) is 10.2. The van der Waals surface area contributed by atoms with Crippen LogP contribution in [0.4, 0.5) is 4.79 Å². The van der Waals surface area contributed by atoms with Crippen LogP contribution in [0.2, 0.25) is 0 Å². The Morgan fingerprint density at radius 3 is 2.36 bits per heavy atom. The van der Waals surface area contributed by atoms with Crippen molar-refractivity contribution in [3.8, 4) is 5.75 Å². The number of benzene rings is 3. The molecule has 0 N–H and O–H groups in total. The summed E-state index contributed by atoms with van der Waals surface area (Å²) in [5, 5.41) is 0. The normalized spacial score (nSPS) is 18.4. The van der Waals surface area contributed by atoms with Crippen LogP contribution in [0.5, 0.6) is 5.75 Å². The first-order chi connectivity index (χ1) is 19.0. The SMILES string of the molecule is CCN(CC)C(=O)c1ccc(C2=CC3(CCCN(C(=O)OCc4ccccc4)CC3)Oc3ccccc32)cc1. The molecule has 0 aliphatic carbocycles. The largest absolute Gasteiger partial charge is 0.482 e. The Labute approximate surface area is 230 Å². The minimum atomic E-state index is -0.520. The van der Waals surface area contributed by atoms with E-state index in [1.165, 1.54) is 0 Å². The molecule has 1 unspecified atom stereocenters. The minimum absolute atomic E-state index is 0.0485. The smallest absolute Gasteiger partial charge is 0.410 e. The van der Waals surface area contributed by atoms with Crippen LogP contribution in [0.25, 0.3) is 5.57 Å². The quantitative estimate of drug-likeness (QED) is 0.367. The molecule has 1 spiro atoms. The fourth-order valence-corrected chi connectivity index (χ4v) is 5.46. The molecule has 2 aliphatic heterocycles. The zero-order valence-corrected chi connectivity index (χ0v) is 22.8. The van der Waals surface area contributed by atoms with Gasteiger partial charge in [-0.25, -0.2) is 4.79 Å². The average molecular weight is 525 g/mol. The number of amides is 2. The number of hydrogen-bond donors (Lipinski definition) is 0. The molecule has 3 aromatic carbocycles. The number of nitrogens with zero attached hydrogens (tertiary/aromatic N) is 2. The molecule has 5 rings (SSSR count). The van der Waals surface area contributed by atoms with E-state index in [-0.39, 0.29) is 18.6 Å². The number of ether oxygens (including phenoxy) is 2. The van der Waals surface area contributed by atoms with Gasteiger partial charge in [0.15, 0.2) is 0 Å². The molecule has 0 radical (unpaired) electrons. The van der Waals surface area contributed by atoms with Gasteiger partial charge in [-0.05, 0) is 67.7 Å². The number of fused-ring (bicyclic) bond motifs is 1. The number of carbonyl (C=O) groups excluding carboxylic acids is 2. The topological polar surface area (TPSA) is 59.1 Å². The summed E-state index contributed by atoms with van der Waals surface area (Å²) in [6, 6.07) is 25.7. The average Bonchev–Trinajstić information content (AvgIpc) is 3.19. The molecule has 6 nitrogen and oxygen atoms in total. The first kappa shape index (κ1) is 26.5. The molecule has 0 aromatic heterocycles. The van der Waals surface area contributed by atoms with E-state index in [2.05, 4.69) is 12.1 Å². The Bertz CT molecular complexity index is 1330. The van der Waals surface area contributed by atoms with Gasteiger partial charge in [0.2, 0.25) is 0 Å². The van der Waals surface area contributed by atoms with Crippen LogP contribution < -0.4 is 4.74 Å². The van der Waals surface area contributed by atoms with E-state index in [0.29, 0.717) is 38.2 Å². The molecule has 2 heterocycles. The van der Waals surface area contributed by atoms with Crippen LogP contribution >= 0.6 is 0 Å². The molecule has 1 saturated heterocycles. The molecule has 1 atom stereocenters. The second-order valence-electron chi connectivity index (χ2n) is 10.2. The molecule has 0 saturated carbocycles. The first-order valence-corrected chi connectivity index (χ1v) is 13.9. The van der Waals surface area contributed by atoms with Crippen LogP contribution in [-0.4, -0.2) is 53.6 Å². The van der Waals surface area contributed by atoms with Gasteiger partial charge in [0, 0.05) is 43.7 Å². The lowest BCUT2D eigenvalue weighted by Gasteiger charge is -2.36. The lowest BCUT2D eigenvalue weighted by molar-refractivity contribution is 0.0772. The van der Waals surface area contributed by atoms with Gasteiger partial charge in [-0.1, -0.05) is 60.7 Å². The fourth-order valence-electron chi connectivity index (χ4n) is 5.46. The maximum atomic E-state index is 12.9. The summed E-state index contributed by atoms with van der Waals surface area (Å²) in [5.74, 6) is 0.894. The standard InChI is InChI=1S/C33H36N2O4/c1-3-34(4-2)31(36)27-17-15-26(16-18-27)29-23-33(39-30-14-9-8-13-28(29)30)19-10-21-35(22-20-33)32(37)38-24-25-11-6-5-7-12-25/h5-9,11-18,23H,3-4,10,19-22,24H2,1-2H3. The summed E-state index contributed by atoms with van der Waals surface area (Å²) in [6.07, 6.45) is 4.22. The number of likely N-dealkylation sites (tertiary alicyclic amines) is 1. The van der Waals surface area contributed by atoms with Crippen molar-refractivity contribution in [2.24, 2.45) is 0 Å². The van der Waals surface area contributed by atoms with Crippen LogP contribution in [0, 0.1) is 0 Å². The molecule has 202 valence electrons. The van der Waals surface area contributed by atoms with Crippen molar-refractivity contribution in [2.45, 2.75) is 45.3 Å². The fraction of sp³-hybridized carbons (Fsp3) is 0.333. The van der Waals surface area contributed by atoms with Crippen molar-refractivity contribution < 1.29 is 19.1 Å². The summed E-state index contributed by atoms with van der Waals surface area (Å²) in [6.45, 7) is 6.81. The highest BCUT2D eigenvalue weighted by Crippen LogP contribution is 2.43. The molecular formula is C33H36N2O4. The monoisotopic (exact) mass is 524 g/mol. The molecule has 2 aliphatic rings. The van der Waals surface area contributed by atoms with Crippen LogP contribution in [0.15, 0.2) is 84.9 Å². The lowest BCUT2D eigenvalue weighted by Crippen LogP contribution is -2.39. The third-order valence-electron chi connectivity index (χ3n) is 7.69. The predicted octanol–water partition coefficient (Wildman–Crippen LogP) is 6.55. The molecule has 2 amide bonds. The van der Waals surface area contributed by atoms with E-state index in [9.17, 15) is 9.59 Å². The number of carbonyl (C=O) groups is 2. The minimum Gasteiger partial charge on any atom is -0.482 e.